The molecule has 1 aromatic rings. The first kappa shape index (κ1) is 12.6. The summed E-state index contributed by atoms with van der Waals surface area (Å²) in [5, 5.41) is 0. The summed E-state index contributed by atoms with van der Waals surface area (Å²) in [5.41, 5.74) is 2.07. The zero-order valence-electron chi connectivity index (χ0n) is 11.4. The third kappa shape index (κ3) is 1.91. The van der Waals surface area contributed by atoms with Gasteiger partial charge in [0.1, 0.15) is 0 Å². The molecule has 3 rings (SSSR count). The van der Waals surface area contributed by atoms with Crippen LogP contribution in [0.15, 0.2) is 23.1 Å². The fourth-order valence-corrected chi connectivity index (χ4v) is 3.38. The summed E-state index contributed by atoms with van der Waals surface area (Å²) in [6, 6.07) is 6.59. The molecule has 0 spiro atoms. The summed E-state index contributed by atoms with van der Waals surface area (Å²) in [6.45, 7) is 8.37. The Labute approximate surface area is 114 Å². The maximum Gasteiger partial charge on any atom is 0.494 e. The average Bonchev–Trinajstić information content (AvgIpc) is 2.80. The minimum Gasteiger partial charge on any atom is -0.399 e. The second-order valence-corrected chi connectivity index (χ2v) is 7.19. The minimum absolute atomic E-state index is 0.231. The van der Waals surface area contributed by atoms with Crippen molar-refractivity contribution in [3.05, 3.63) is 23.8 Å². The minimum atomic E-state index is -0.259. The van der Waals surface area contributed by atoms with Gasteiger partial charge in [-0.3, -0.25) is 0 Å². The molecular weight excluding hydrogens is 243 g/mol. The lowest BCUT2D eigenvalue weighted by Crippen LogP contribution is -2.41. The van der Waals surface area contributed by atoms with Crippen LogP contribution in [-0.4, -0.2) is 24.1 Å². The van der Waals surface area contributed by atoms with Gasteiger partial charge in [-0.1, -0.05) is 12.1 Å². The van der Waals surface area contributed by atoms with E-state index in [4.69, 9.17) is 9.31 Å². The SMILES string of the molecule is CC1(C)OB(c2ccc3c(c2)CCS3)OC1(C)C. The van der Waals surface area contributed by atoms with Gasteiger partial charge in [0.2, 0.25) is 0 Å². The molecule has 0 N–H and O–H groups in total. The van der Waals surface area contributed by atoms with Crippen molar-refractivity contribution in [2.24, 2.45) is 0 Å². The van der Waals surface area contributed by atoms with E-state index < -0.39 is 0 Å². The lowest BCUT2D eigenvalue weighted by Gasteiger charge is -2.32. The Hall–Kier alpha value is -0.445. The summed E-state index contributed by atoms with van der Waals surface area (Å²) in [7, 11) is -0.231. The topological polar surface area (TPSA) is 18.5 Å². The average molecular weight is 262 g/mol. The van der Waals surface area contributed by atoms with E-state index in [9.17, 15) is 0 Å². The van der Waals surface area contributed by atoms with Gasteiger partial charge in [-0.25, -0.2) is 0 Å². The molecule has 4 heteroatoms. The van der Waals surface area contributed by atoms with Gasteiger partial charge in [0.25, 0.3) is 0 Å². The number of hydrogen-bond donors (Lipinski definition) is 0. The molecule has 0 bridgehead atoms. The van der Waals surface area contributed by atoms with Crippen LogP contribution in [0.1, 0.15) is 33.3 Å². The predicted molar refractivity (Wildman–Crippen MR) is 76.6 cm³/mol. The molecule has 2 aliphatic rings. The molecule has 0 amide bonds. The van der Waals surface area contributed by atoms with E-state index in [2.05, 4.69) is 45.9 Å². The normalized spacial score (nSPS) is 24.3. The Balaban J connectivity index is 1.89. The predicted octanol–water partition coefficient (Wildman–Crippen LogP) is 2.63. The highest BCUT2D eigenvalue weighted by atomic mass is 32.2. The number of benzene rings is 1. The van der Waals surface area contributed by atoms with Gasteiger partial charge in [-0.05, 0) is 51.2 Å². The van der Waals surface area contributed by atoms with Crippen LogP contribution in [-0.2, 0) is 15.7 Å². The van der Waals surface area contributed by atoms with Gasteiger partial charge in [0, 0.05) is 10.6 Å². The molecule has 0 unspecified atom stereocenters. The Morgan fingerprint density at radius 1 is 1.11 bits per heavy atom. The second kappa shape index (κ2) is 4.02. The molecule has 0 aromatic heterocycles. The van der Waals surface area contributed by atoms with Gasteiger partial charge in [-0.15, -0.1) is 11.8 Å². The van der Waals surface area contributed by atoms with Crippen LogP contribution in [0.4, 0.5) is 0 Å². The van der Waals surface area contributed by atoms with E-state index in [-0.39, 0.29) is 18.3 Å². The summed E-state index contributed by atoms with van der Waals surface area (Å²) in [6.07, 6.45) is 1.16. The van der Waals surface area contributed by atoms with Crippen LogP contribution < -0.4 is 5.46 Å². The van der Waals surface area contributed by atoms with Crippen molar-refractivity contribution in [3.8, 4) is 0 Å². The molecule has 0 radical (unpaired) electrons. The van der Waals surface area contributed by atoms with Crippen LogP contribution >= 0.6 is 11.8 Å². The number of rotatable bonds is 1. The number of hydrogen-bond acceptors (Lipinski definition) is 3. The molecule has 0 atom stereocenters. The molecule has 2 heterocycles. The van der Waals surface area contributed by atoms with Gasteiger partial charge in [0.15, 0.2) is 0 Å². The molecule has 1 aromatic carbocycles. The fraction of sp³-hybridized carbons (Fsp3) is 0.571. The molecule has 0 saturated carbocycles. The van der Waals surface area contributed by atoms with Crippen molar-refractivity contribution in [1.82, 2.24) is 0 Å². The molecule has 18 heavy (non-hydrogen) atoms. The number of fused-ring (bicyclic) bond motifs is 1. The summed E-state index contributed by atoms with van der Waals surface area (Å²) in [4.78, 5) is 1.41. The highest BCUT2D eigenvalue weighted by molar-refractivity contribution is 7.99. The van der Waals surface area contributed by atoms with E-state index in [1.165, 1.54) is 16.2 Å². The zero-order valence-corrected chi connectivity index (χ0v) is 12.3. The van der Waals surface area contributed by atoms with E-state index in [1.807, 2.05) is 11.8 Å². The van der Waals surface area contributed by atoms with Gasteiger partial charge in [0.05, 0.1) is 11.2 Å². The smallest absolute Gasteiger partial charge is 0.399 e. The van der Waals surface area contributed by atoms with E-state index >= 15 is 0 Å². The molecule has 96 valence electrons. The van der Waals surface area contributed by atoms with Crippen molar-refractivity contribution in [3.63, 3.8) is 0 Å². The molecule has 2 aliphatic heterocycles. The third-order valence-electron chi connectivity index (χ3n) is 4.24. The van der Waals surface area contributed by atoms with Crippen molar-refractivity contribution < 1.29 is 9.31 Å². The maximum atomic E-state index is 6.08. The first-order valence-corrected chi connectivity index (χ1v) is 7.49. The van der Waals surface area contributed by atoms with Crippen molar-refractivity contribution in [1.29, 1.82) is 0 Å². The van der Waals surface area contributed by atoms with Gasteiger partial charge >= 0.3 is 7.12 Å². The zero-order chi connectivity index (χ0) is 13.0. The quantitative estimate of drug-likeness (QED) is 0.725. The Morgan fingerprint density at radius 3 is 2.44 bits per heavy atom. The van der Waals surface area contributed by atoms with Crippen molar-refractivity contribution in [2.45, 2.75) is 50.2 Å². The van der Waals surface area contributed by atoms with Crippen LogP contribution in [0, 0.1) is 0 Å². The van der Waals surface area contributed by atoms with Crippen LogP contribution in [0.3, 0.4) is 0 Å². The first-order chi connectivity index (χ1) is 8.39. The first-order valence-electron chi connectivity index (χ1n) is 6.50. The maximum absolute atomic E-state index is 6.08. The standard InChI is InChI=1S/C14H19BO2S/c1-13(2)14(3,4)17-15(16-13)11-5-6-12-10(9-11)7-8-18-12/h5-6,9H,7-8H2,1-4H3. The molecular formula is C14H19BO2S. The Morgan fingerprint density at radius 2 is 1.78 bits per heavy atom. The lowest BCUT2D eigenvalue weighted by atomic mass is 9.78. The third-order valence-corrected chi connectivity index (χ3v) is 5.36. The molecule has 1 fully saturated rings. The van der Waals surface area contributed by atoms with Crippen LogP contribution in [0.25, 0.3) is 0 Å². The summed E-state index contributed by atoms with van der Waals surface area (Å²) >= 11 is 1.94. The largest absolute Gasteiger partial charge is 0.494 e. The highest BCUT2D eigenvalue weighted by Gasteiger charge is 2.51. The molecule has 1 saturated heterocycles. The Bertz CT molecular complexity index is 469. The number of thioether (sulfide) groups is 1. The highest BCUT2D eigenvalue weighted by Crippen LogP contribution is 2.37. The van der Waals surface area contributed by atoms with Gasteiger partial charge in [-0.2, -0.15) is 0 Å². The second-order valence-electron chi connectivity index (χ2n) is 6.05. The molecule has 2 nitrogen and oxygen atoms in total. The monoisotopic (exact) mass is 262 g/mol. The molecule has 0 aliphatic carbocycles. The van der Waals surface area contributed by atoms with Gasteiger partial charge < -0.3 is 9.31 Å². The van der Waals surface area contributed by atoms with Crippen LogP contribution in [0.2, 0.25) is 0 Å². The summed E-state index contributed by atoms with van der Waals surface area (Å²) < 4.78 is 12.2. The van der Waals surface area contributed by atoms with Crippen molar-refractivity contribution in [2.75, 3.05) is 5.75 Å². The van der Waals surface area contributed by atoms with E-state index in [0.29, 0.717) is 0 Å². The van der Waals surface area contributed by atoms with Crippen molar-refractivity contribution >= 4 is 24.3 Å². The fourth-order valence-electron chi connectivity index (χ4n) is 2.33. The van der Waals surface area contributed by atoms with E-state index in [0.717, 1.165) is 11.9 Å². The Kier molecular flexibility index (Phi) is 2.81. The van der Waals surface area contributed by atoms with Crippen LogP contribution in [0.5, 0.6) is 0 Å². The lowest BCUT2D eigenvalue weighted by molar-refractivity contribution is 0.00578. The number of aryl methyl sites for hydroxylation is 1. The van der Waals surface area contributed by atoms with E-state index in [1.54, 1.807) is 0 Å². The summed E-state index contributed by atoms with van der Waals surface area (Å²) in [5.74, 6) is 1.20.